The summed E-state index contributed by atoms with van der Waals surface area (Å²) in [5.41, 5.74) is 5.91. The van der Waals surface area contributed by atoms with Crippen LogP contribution in [0.3, 0.4) is 0 Å². The molecule has 2 atom stereocenters. The predicted octanol–water partition coefficient (Wildman–Crippen LogP) is 2.34. The van der Waals surface area contributed by atoms with Crippen molar-refractivity contribution in [3.63, 3.8) is 0 Å². The topological polar surface area (TPSA) is 96.9 Å². The largest absolute Gasteiger partial charge is 0.472 e. The van der Waals surface area contributed by atoms with E-state index in [1.165, 1.54) is 23.3 Å². The first-order valence-corrected chi connectivity index (χ1v) is 8.81. The SMILES string of the molecule is Nc1nccc(OC2CCN(C(=O)N3N=CCC3c3cc(F)cc(F)c3)C2)n1. The van der Waals surface area contributed by atoms with Crippen molar-refractivity contribution in [2.45, 2.75) is 25.0 Å². The lowest BCUT2D eigenvalue weighted by Crippen LogP contribution is -2.40. The minimum absolute atomic E-state index is 0.111. The zero-order chi connectivity index (χ0) is 19.7. The third kappa shape index (κ3) is 3.71. The summed E-state index contributed by atoms with van der Waals surface area (Å²) in [4.78, 5) is 22.3. The second-order valence-electron chi connectivity index (χ2n) is 6.61. The number of carbonyl (C=O) groups is 1. The Hall–Kier alpha value is -3.30. The van der Waals surface area contributed by atoms with Crippen LogP contribution in [-0.4, -0.2) is 51.3 Å². The van der Waals surface area contributed by atoms with Gasteiger partial charge in [0.2, 0.25) is 11.8 Å². The van der Waals surface area contributed by atoms with Gasteiger partial charge in [-0.3, -0.25) is 0 Å². The Labute approximate surface area is 159 Å². The zero-order valence-electron chi connectivity index (χ0n) is 14.8. The molecule has 0 bridgehead atoms. The second kappa shape index (κ2) is 7.37. The minimum atomic E-state index is -0.687. The molecular formula is C18H18F2N6O2. The van der Waals surface area contributed by atoms with E-state index in [0.717, 1.165) is 6.07 Å². The summed E-state index contributed by atoms with van der Waals surface area (Å²) >= 11 is 0. The van der Waals surface area contributed by atoms with Crippen LogP contribution >= 0.6 is 0 Å². The quantitative estimate of drug-likeness (QED) is 0.871. The molecule has 0 saturated carbocycles. The summed E-state index contributed by atoms with van der Waals surface area (Å²) in [5, 5.41) is 5.38. The van der Waals surface area contributed by atoms with Crippen molar-refractivity contribution in [3.8, 4) is 5.88 Å². The summed E-state index contributed by atoms with van der Waals surface area (Å²) in [6.07, 6.45) is 3.83. The highest BCUT2D eigenvalue weighted by Gasteiger charge is 2.36. The minimum Gasteiger partial charge on any atom is -0.472 e. The van der Waals surface area contributed by atoms with E-state index < -0.39 is 17.7 Å². The highest BCUT2D eigenvalue weighted by atomic mass is 19.1. The third-order valence-electron chi connectivity index (χ3n) is 4.65. The van der Waals surface area contributed by atoms with Gasteiger partial charge in [0.1, 0.15) is 17.7 Å². The lowest BCUT2D eigenvalue weighted by Gasteiger charge is -2.27. The van der Waals surface area contributed by atoms with E-state index in [-0.39, 0.29) is 18.1 Å². The van der Waals surface area contributed by atoms with Gasteiger partial charge in [-0.15, -0.1) is 0 Å². The molecule has 2 unspecified atom stereocenters. The fourth-order valence-corrected chi connectivity index (χ4v) is 3.38. The number of aromatic nitrogens is 2. The molecule has 1 saturated heterocycles. The number of halogens is 2. The summed E-state index contributed by atoms with van der Waals surface area (Å²) in [7, 11) is 0. The number of likely N-dealkylation sites (tertiary alicyclic amines) is 1. The van der Waals surface area contributed by atoms with Crippen LogP contribution in [0.5, 0.6) is 5.88 Å². The Morgan fingerprint density at radius 2 is 2.04 bits per heavy atom. The fraction of sp³-hybridized carbons (Fsp3) is 0.333. The first kappa shape index (κ1) is 18.1. The van der Waals surface area contributed by atoms with E-state index in [1.54, 1.807) is 17.2 Å². The third-order valence-corrected chi connectivity index (χ3v) is 4.65. The molecule has 1 aromatic heterocycles. The average Bonchev–Trinajstić information content (AvgIpc) is 3.30. The molecule has 2 aromatic rings. The van der Waals surface area contributed by atoms with Gasteiger partial charge in [-0.1, -0.05) is 0 Å². The monoisotopic (exact) mass is 388 g/mol. The smallest absolute Gasteiger partial charge is 0.341 e. The maximum Gasteiger partial charge on any atom is 0.341 e. The van der Waals surface area contributed by atoms with Crippen molar-refractivity contribution < 1.29 is 18.3 Å². The molecule has 0 spiro atoms. The molecule has 10 heteroatoms. The van der Waals surface area contributed by atoms with Crippen molar-refractivity contribution in [3.05, 3.63) is 47.7 Å². The molecule has 28 heavy (non-hydrogen) atoms. The fourth-order valence-electron chi connectivity index (χ4n) is 3.38. The molecule has 1 fully saturated rings. The summed E-state index contributed by atoms with van der Waals surface area (Å²) in [6, 6.07) is 3.96. The van der Waals surface area contributed by atoms with Crippen LogP contribution in [-0.2, 0) is 0 Å². The number of hydrogen-bond donors (Lipinski definition) is 1. The van der Waals surface area contributed by atoms with Crippen LogP contribution in [0, 0.1) is 11.6 Å². The number of nitrogens with zero attached hydrogens (tertiary/aromatic N) is 5. The van der Waals surface area contributed by atoms with Gasteiger partial charge in [0, 0.05) is 43.9 Å². The number of anilines is 1. The van der Waals surface area contributed by atoms with Gasteiger partial charge in [-0.25, -0.2) is 23.6 Å². The standard InChI is InChI=1S/C18H18F2N6O2/c19-12-7-11(8-13(20)9-12)15-1-5-23-26(15)18(27)25-6-3-14(10-25)28-16-2-4-22-17(21)24-16/h2,4-5,7-9,14-15H,1,3,6,10H2,(H2,21,22,24). The molecule has 8 nitrogen and oxygen atoms in total. The maximum absolute atomic E-state index is 13.6. The number of nitrogen functional groups attached to an aromatic ring is 1. The molecule has 1 aromatic carbocycles. The van der Waals surface area contributed by atoms with Crippen molar-refractivity contribution in [1.29, 1.82) is 0 Å². The number of amides is 2. The Morgan fingerprint density at radius 1 is 1.25 bits per heavy atom. The van der Waals surface area contributed by atoms with Gasteiger partial charge < -0.3 is 15.4 Å². The van der Waals surface area contributed by atoms with E-state index >= 15 is 0 Å². The van der Waals surface area contributed by atoms with Crippen LogP contribution in [0.4, 0.5) is 19.5 Å². The second-order valence-corrected chi connectivity index (χ2v) is 6.61. The van der Waals surface area contributed by atoms with Crippen molar-refractivity contribution in [2.75, 3.05) is 18.8 Å². The normalized spacial score (nSPS) is 21.4. The van der Waals surface area contributed by atoms with Gasteiger partial charge in [-0.2, -0.15) is 10.1 Å². The van der Waals surface area contributed by atoms with Crippen LogP contribution in [0.15, 0.2) is 35.6 Å². The Kier molecular flexibility index (Phi) is 4.76. The van der Waals surface area contributed by atoms with E-state index in [2.05, 4.69) is 15.1 Å². The number of rotatable bonds is 3. The van der Waals surface area contributed by atoms with E-state index in [0.29, 0.717) is 37.4 Å². The van der Waals surface area contributed by atoms with Crippen molar-refractivity contribution >= 4 is 18.2 Å². The Morgan fingerprint density at radius 3 is 2.79 bits per heavy atom. The van der Waals surface area contributed by atoms with E-state index in [4.69, 9.17) is 10.5 Å². The van der Waals surface area contributed by atoms with Gasteiger partial charge in [-0.05, 0) is 17.7 Å². The first-order chi connectivity index (χ1) is 13.5. The number of ether oxygens (including phenoxy) is 1. The zero-order valence-corrected chi connectivity index (χ0v) is 14.8. The van der Waals surface area contributed by atoms with Crippen LogP contribution in [0.1, 0.15) is 24.4 Å². The number of carbonyl (C=O) groups excluding carboxylic acids is 1. The highest BCUT2D eigenvalue weighted by molar-refractivity contribution is 5.78. The molecule has 2 amide bonds. The van der Waals surface area contributed by atoms with E-state index in [9.17, 15) is 13.6 Å². The molecule has 2 aliphatic rings. The van der Waals surface area contributed by atoms with Crippen LogP contribution in [0.25, 0.3) is 0 Å². The number of urea groups is 1. The number of nitrogens with two attached hydrogens (primary N) is 1. The lowest BCUT2D eigenvalue weighted by atomic mass is 10.0. The molecule has 2 N–H and O–H groups in total. The molecular weight excluding hydrogens is 370 g/mol. The number of hydrazone groups is 1. The lowest BCUT2D eigenvalue weighted by molar-refractivity contribution is 0.141. The molecule has 0 radical (unpaired) electrons. The molecule has 146 valence electrons. The Balaban J connectivity index is 1.43. The van der Waals surface area contributed by atoms with Crippen LogP contribution in [0.2, 0.25) is 0 Å². The number of benzene rings is 1. The average molecular weight is 388 g/mol. The maximum atomic E-state index is 13.6. The molecule has 0 aliphatic carbocycles. The van der Waals surface area contributed by atoms with Gasteiger partial charge >= 0.3 is 6.03 Å². The summed E-state index contributed by atoms with van der Waals surface area (Å²) < 4.78 is 32.9. The molecule has 4 rings (SSSR count). The highest BCUT2D eigenvalue weighted by Crippen LogP contribution is 2.31. The van der Waals surface area contributed by atoms with Crippen molar-refractivity contribution in [2.24, 2.45) is 5.10 Å². The first-order valence-electron chi connectivity index (χ1n) is 8.81. The van der Waals surface area contributed by atoms with Gasteiger partial charge in [0.25, 0.3) is 0 Å². The predicted molar refractivity (Wildman–Crippen MR) is 96.5 cm³/mol. The van der Waals surface area contributed by atoms with Gasteiger partial charge in [0.05, 0.1) is 12.6 Å². The molecule has 3 heterocycles. The van der Waals surface area contributed by atoms with Crippen molar-refractivity contribution in [1.82, 2.24) is 19.9 Å². The summed E-state index contributed by atoms with van der Waals surface area (Å²) in [6.45, 7) is 0.819. The number of hydrogen-bond acceptors (Lipinski definition) is 6. The Bertz CT molecular complexity index is 904. The molecule has 2 aliphatic heterocycles. The summed E-state index contributed by atoms with van der Waals surface area (Å²) in [5.74, 6) is -0.916. The van der Waals surface area contributed by atoms with E-state index in [1.807, 2.05) is 0 Å². The van der Waals surface area contributed by atoms with Crippen LogP contribution < -0.4 is 10.5 Å². The van der Waals surface area contributed by atoms with Gasteiger partial charge in [0.15, 0.2) is 0 Å².